The molecule has 0 spiro atoms. The van der Waals surface area contributed by atoms with Crippen molar-refractivity contribution >= 4 is 11.9 Å². The van der Waals surface area contributed by atoms with E-state index >= 15 is 0 Å². The SMILES string of the molecule is CCCCC/C=C/CCCCCCCCCCCCCCCCCCCCCC(CC(=O)OCCC)C(=O)O. The number of hydrogen-bond donors (Lipinski definition) is 1. The maximum Gasteiger partial charge on any atom is 0.307 e. The van der Waals surface area contributed by atoms with Gasteiger partial charge in [-0.05, 0) is 38.5 Å². The number of ether oxygens (including phenoxy) is 1. The second-order valence-corrected chi connectivity index (χ2v) is 11.7. The van der Waals surface area contributed by atoms with Gasteiger partial charge in [0, 0.05) is 0 Å². The number of aliphatic carboxylic acids is 1. The number of carbonyl (C=O) groups excluding carboxylic acids is 1. The van der Waals surface area contributed by atoms with Crippen LogP contribution >= 0.6 is 0 Å². The highest BCUT2D eigenvalue weighted by Crippen LogP contribution is 2.18. The van der Waals surface area contributed by atoms with Gasteiger partial charge in [-0.25, -0.2) is 0 Å². The smallest absolute Gasteiger partial charge is 0.307 e. The van der Waals surface area contributed by atoms with Gasteiger partial charge in [-0.3, -0.25) is 9.59 Å². The molecule has 4 heteroatoms. The standard InChI is InChI=1S/C35H66O4/c1-3-5-6-7-8-9-10-11-12-13-14-15-16-17-18-19-20-21-22-23-24-25-26-27-28-29-30-33(35(37)38)32-34(36)39-31-4-2/h8-9,33H,3-7,10-32H2,1-2H3,(H,37,38)/b9-8+. The van der Waals surface area contributed by atoms with Crippen LogP contribution < -0.4 is 0 Å². The lowest BCUT2D eigenvalue weighted by Gasteiger charge is -2.11. The molecule has 0 bridgehead atoms. The van der Waals surface area contributed by atoms with Crippen LogP contribution in [0.3, 0.4) is 0 Å². The maximum atomic E-state index is 11.7. The maximum absolute atomic E-state index is 11.7. The molecule has 39 heavy (non-hydrogen) atoms. The minimum atomic E-state index is -0.874. The van der Waals surface area contributed by atoms with Crippen LogP contribution in [-0.2, 0) is 14.3 Å². The highest BCUT2D eigenvalue weighted by atomic mass is 16.5. The van der Waals surface area contributed by atoms with Crippen molar-refractivity contribution in [1.29, 1.82) is 0 Å². The van der Waals surface area contributed by atoms with Crippen LogP contribution in [0.4, 0.5) is 0 Å². The number of hydrogen-bond acceptors (Lipinski definition) is 3. The van der Waals surface area contributed by atoms with Crippen LogP contribution in [0.15, 0.2) is 12.2 Å². The molecule has 0 aromatic heterocycles. The van der Waals surface area contributed by atoms with Crippen LogP contribution in [0.5, 0.6) is 0 Å². The van der Waals surface area contributed by atoms with Gasteiger partial charge in [0.1, 0.15) is 0 Å². The van der Waals surface area contributed by atoms with E-state index in [1.165, 1.54) is 141 Å². The number of allylic oxidation sites excluding steroid dienone is 2. The molecule has 0 heterocycles. The van der Waals surface area contributed by atoms with E-state index in [1.807, 2.05) is 6.92 Å². The molecule has 0 saturated carbocycles. The lowest BCUT2D eigenvalue weighted by Crippen LogP contribution is -2.19. The van der Waals surface area contributed by atoms with Crippen molar-refractivity contribution in [3.05, 3.63) is 12.2 Å². The summed E-state index contributed by atoms with van der Waals surface area (Å²) in [6.07, 6.45) is 38.0. The molecule has 1 unspecified atom stereocenters. The second kappa shape index (κ2) is 31.2. The normalized spacial score (nSPS) is 12.3. The third-order valence-corrected chi connectivity index (χ3v) is 7.79. The van der Waals surface area contributed by atoms with E-state index in [-0.39, 0.29) is 12.4 Å². The summed E-state index contributed by atoms with van der Waals surface area (Å²) in [7, 11) is 0. The molecule has 0 aliphatic rings. The van der Waals surface area contributed by atoms with Gasteiger partial charge in [-0.2, -0.15) is 0 Å². The van der Waals surface area contributed by atoms with Crippen LogP contribution in [0.25, 0.3) is 0 Å². The van der Waals surface area contributed by atoms with Crippen molar-refractivity contribution in [1.82, 2.24) is 0 Å². The Kier molecular flexibility index (Phi) is 30.2. The molecule has 230 valence electrons. The van der Waals surface area contributed by atoms with Gasteiger partial charge in [0.25, 0.3) is 0 Å². The molecule has 0 rings (SSSR count). The number of rotatable bonds is 31. The second-order valence-electron chi connectivity index (χ2n) is 11.7. The summed E-state index contributed by atoms with van der Waals surface area (Å²) in [6.45, 7) is 4.58. The molecule has 1 atom stereocenters. The molecular weight excluding hydrogens is 484 g/mol. The molecule has 4 nitrogen and oxygen atoms in total. The van der Waals surface area contributed by atoms with Crippen molar-refractivity contribution in [3.8, 4) is 0 Å². The minimum absolute atomic E-state index is 0.00704. The molecular formula is C35H66O4. The summed E-state index contributed by atoms with van der Waals surface area (Å²) in [6, 6.07) is 0. The summed E-state index contributed by atoms with van der Waals surface area (Å²) >= 11 is 0. The molecule has 0 aromatic rings. The largest absolute Gasteiger partial charge is 0.481 e. The van der Waals surface area contributed by atoms with Crippen molar-refractivity contribution in [2.24, 2.45) is 5.92 Å². The van der Waals surface area contributed by atoms with E-state index in [0.29, 0.717) is 13.0 Å². The fourth-order valence-electron chi connectivity index (χ4n) is 5.19. The molecule has 0 radical (unpaired) electrons. The Hall–Kier alpha value is -1.32. The van der Waals surface area contributed by atoms with Gasteiger partial charge < -0.3 is 9.84 Å². The number of esters is 1. The van der Waals surface area contributed by atoms with Gasteiger partial charge in [0.2, 0.25) is 0 Å². The Balaban J connectivity index is 3.30. The van der Waals surface area contributed by atoms with E-state index < -0.39 is 11.9 Å². The summed E-state index contributed by atoms with van der Waals surface area (Å²) in [5, 5.41) is 9.33. The van der Waals surface area contributed by atoms with E-state index in [1.54, 1.807) is 0 Å². The fourth-order valence-corrected chi connectivity index (χ4v) is 5.19. The van der Waals surface area contributed by atoms with E-state index in [2.05, 4.69) is 19.1 Å². The van der Waals surface area contributed by atoms with Crippen LogP contribution in [0.1, 0.15) is 187 Å². The lowest BCUT2D eigenvalue weighted by atomic mass is 9.97. The summed E-state index contributed by atoms with van der Waals surface area (Å²) in [5.41, 5.74) is 0. The topological polar surface area (TPSA) is 63.6 Å². The minimum Gasteiger partial charge on any atom is -0.481 e. The van der Waals surface area contributed by atoms with Gasteiger partial charge in [0.15, 0.2) is 0 Å². The zero-order valence-corrected chi connectivity index (χ0v) is 26.2. The fraction of sp³-hybridized carbons (Fsp3) is 0.886. The molecule has 0 fully saturated rings. The predicted molar refractivity (Wildman–Crippen MR) is 167 cm³/mol. The number of carboxylic acids is 1. The van der Waals surface area contributed by atoms with Gasteiger partial charge in [0.05, 0.1) is 18.9 Å². The number of carbonyl (C=O) groups is 2. The van der Waals surface area contributed by atoms with Gasteiger partial charge in [-0.15, -0.1) is 0 Å². The average Bonchev–Trinajstić information content (AvgIpc) is 2.93. The van der Waals surface area contributed by atoms with Crippen molar-refractivity contribution in [2.45, 2.75) is 187 Å². The quantitative estimate of drug-likeness (QED) is 0.0529. The van der Waals surface area contributed by atoms with E-state index in [0.717, 1.165) is 19.3 Å². The molecule has 0 aromatic carbocycles. The van der Waals surface area contributed by atoms with E-state index in [4.69, 9.17) is 4.74 Å². The third-order valence-electron chi connectivity index (χ3n) is 7.79. The molecule has 0 saturated heterocycles. The highest BCUT2D eigenvalue weighted by molar-refractivity contribution is 5.78. The van der Waals surface area contributed by atoms with Crippen molar-refractivity contribution < 1.29 is 19.4 Å². The van der Waals surface area contributed by atoms with Gasteiger partial charge >= 0.3 is 11.9 Å². The van der Waals surface area contributed by atoms with E-state index in [9.17, 15) is 14.7 Å². The Morgan fingerprint density at radius 3 is 1.33 bits per heavy atom. The first-order valence-electron chi connectivity index (χ1n) is 17.1. The molecule has 0 aliphatic carbocycles. The average molecular weight is 551 g/mol. The number of carboxylic acid groups (broad SMARTS) is 1. The Labute approximate surface area is 243 Å². The zero-order valence-electron chi connectivity index (χ0n) is 26.2. The Morgan fingerprint density at radius 1 is 0.564 bits per heavy atom. The summed E-state index contributed by atoms with van der Waals surface area (Å²) in [5.74, 6) is -1.85. The van der Waals surface area contributed by atoms with Crippen molar-refractivity contribution in [3.63, 3.8) is 0 Å². The zero-order chi connectivity index (χ0) is 28.7. The Morgan fingerprint density at radius 2 is 0.949 bits per heavy atom. The first-order chi connectivity index (χ1) is 19.1. The molecule has 1 N–H and O–H groups in total. The van der Waals surface area contributed by atoms with Crippen LogP contribution in [-0.4, -0.2) is 23.7 Å². The summed E-state index contributed by atoms with van der Waals surface area (Å²) < 4.78 is 5.03. The molecule has 0 amide bonds. The van der Waals surface area contributed by atoms with Crippen molar-refractivity contribution in [2.75, 3.05) is 6.61 Å². The highest BCUT2D eigenvalue weighted by Gasteiger charge is 2.21. The van der Waals surface area contributed by atoms with Gasteiger partial charge in [-0.1, -0.05) is 154 Å². The predicted octanol–water partition coefficient (Wildman–Crippen LogP) is 11.4. The Bertz CT molecular complexity index is 557. The number of unbranched alkanes of at least 4 members (excludes halogenated alkanes) is 22. The first kappa shape index (κ1) is 37.7. The lowest BCUT2D eigenvalue weighted by molar-refractivity contribution is -0.151. The van der Waals surface area contributed by atoms with Crippen LogP contribution in [0.2, 0.25) is 0 Å². The monoisotopic (exact) mass is 550 g/mol. The van der Waals surface area contributed by atoms with Crippen LogP contribution in [0, 0.1) is 5.92 Å². The third kappa shape index (κ3) is 29.5. The summed E-state index contributed by atoms with van der Waals surface area (Å²) in [4.78, 5) is 23.1. The molecule has 0 aliphatic heterocycles. The first-order valence-corrected chi connectivity index (χ1v) is 17.1.